The first-order chi connectivity index (χ1) is 11.0. The molecule has 120 valence electrons. The van der Waals surface area contributed by atoms with Crippen molar-refractivity contribution in [1.29, 1.82) is 0 Å². The van der Waals surface area contributed by atoms with Gasteiger partial charge in [0.1, 0.15) is 11.9 Å². The lowest BCUT2D eigenvalue weighted by molar-refractivity contribution is -0.124. The van der Waals surface area contributed by atoms with Crippen LogP contribution in [-0.4, -0.2) is 35.8 Å². The third-order valence-electron chi connectivity index (χ3n) is 3.86. The van der Waals surface area contributed by atoms with Crippen LogP contribution in [0.5, 0.6) is 0 Å². The van der Waals surface area contributed by atoms with E-state index in [4.69, 9.17) is 11.6 Å². The van der Waals surface area contributed by atoms with Crippen LogP contribution in [0.25, 0.3) is 0 Å². The van der Waals surface area contributed by atoms with Crippen LogP contribution < -0.4 is 4.90 Å². The molecule has 23 heavy (non-hydrogen) atoms. The van der Waals surface area contributed by atoms with Gasteiger partial charge in [-0.05, 0) is 36.6 Å². The first kappa shape index (κ1) is 16.0. The Kier molecular flexibility index (Phi) is 4.37. The largest absolute Gasteiger partial charge is 0.324 e. The standard InChI is InChI=1S/C16H14ClFN2O2S/c1-10-15(21)20(11-4-5-13(18)12(17)9-11)7-6-19(10)16(22)14-3-2-8-23-14/h2-5,8-10H,6-7H2,1H3/t10-/m0/s1. The molecule has 2 aromatic rings. The van der Waals surface area contributed by atoms with Crippen molar-refractivity contribution in [2.24, 2.45) is 0 Å². The molecule has 1 aromatic carbocycles. The van der Waals surface area contributed by atoms with Gasteiger partial charge < -0.3 is 9.80 Å². The average Bonchev–Trinajstić information content (AvgIpc) is 3.06. The predicted octanol–water partition coefficient (Wildman–Crippen LogP) is 3.42. The first-order valence-corrected chi connectivity index (χ1v) is 8.35. The number of halogens is 2. The van der Waals surface area contributed by atoms with Crippen molar-refractivity contribution in [2.75, 3.05) is 18.0 Å². The van der Waals surface area contributed by atoms with Crippen LogP contribution in [0.15, 0.2) is 35.7 Å². The fraction of sp³-hybridized carbons (Fsp3) is 0.250. The van der Waals surface area contributed by atoms with E-state index < -0.39 is 11.9 Å². The molecule has 1 aliphatic heterocycles. The van der Waals surface area contributed by atoms with Gasteiger partial charge in [0, 0.05) is 18.8 Å². The van der Waals surface area contributed by atoms with E-state index in [1.807, 2.05) is 5.38 Å². The van der Waals surface area contributed by atoms with Gasteiger partial charge in [-0.2, -0.15) is 0 Å². The molecule has 0 unspecified atom stereocenters. The normalized spacial score (nSPS) is 18.4. The van der Waals surface area contributed by atoms with Crippen molar-refractivity contribution in [3.8, 4) is 0 Å². The molecule has 1 aliphatic rings. The fourth-order valence-corrected chi connectivity index (χ4v) is 3.45. The SMILES string of the molecule is C[C@H]1C(=O)N(c2ccc(F)c(Cl)c2)CCN1C(=O)c1cccs1. The summed E-state index contributed by atoms with van der Waals surface area (Å²) in [5.74, 6) is -0.871. The van der Waals surface area contributed by atoms with Crippen molar-refractivity contribution < 1.29 is 14.0 Å². The lowest BCUT2D eigenvalue weighted by Crippen LogP contribution is -2.57. The number of hydrogen-bond acceptors (Lipinski definition) is 3. The summed E-state index contributed by atoms with van der Waals surface area (Å²) < 4.78 is 13.3. The molecular weight excluding hydrogens is 339 g/mol. The van der Waals surface area contributed by atoms with E-state index in [9.17, 15) is 14.0 Å². The maximum atomic E-state index is 13.3. The molecule has 1 aromatic heterocycles. The predicted molar refractivity (Wildman–Crippen MR) is 88.6 cm³/mol. The Morgan fingerprint density at radius 3 is 2.78 bits per heavy atom. The molecule has 0 bridgehead atoms. The Bertz CT molecular complexity index is 751. The van der Waals surface area contributed by atoms with E-state index in [2.05, 4.69) is 0 Å². The summed E-state index contributed by atoms with van der Waals surface area (Å²) in [5.41, 5.74) is 0.538. The highest BCUT2D eigenvalue weighted by atomic mass is 35.5. The highest BCUT2D eigenvalue weighted by molar-refractivity contribution is 7.12. The number of benzene rings is 1. The molecule has 0 aliphatic carbocycles. The highest BCUT2D eigenvalue weighted by Gasteiger charge is 2.35. The quantitative estimate of drug-likeness (QED) is 0.831. The number of piperazine rings is 1. The number of carbonyl (C=O) groups excluding carboxylic acids is 2. The van der Waals surface area contributed by atoms with Crippen molar-refractivity contribution in [3.05, 3.63) is 51.4 Å². The summed E-state index contributed by atoms with van der Waals surface area (Å²) in [6.45, 7) is 2.46. The molecule has 0 spiro atoms. The molecule has 1 fully saturated rings. The number of amides is 2. The van der Waals surface area contributed by atoms with Crippen LogP contribution in [0.3, 0.4) is 0 Å². The smallest absolute Gasteiger partial charge is 0.264 e. The average molecular weight is 353 g/mol. The second-order valence-electron chi connectivity index (χ2n) is 5.24. The summed E-state index contributed by atoms with van der Waals surface area (Å²) in [7, 11) is 0. The summed E-state index contributed by atoms with van der Waals surface area (Å²) in [6.07, 6.45) is 0. The summed E-state index contributed by atoms with van der Waals surface area (Å²) in [4.78, 5) is 28.8. The molecule has 2 heterocycles. The Hall–Kier alpha value is -1.92. The highest BCUT2D eigenvalue weighted by Crippen LogP contribution is 2.26. The molecule has 0 radical (unpaired) electrons. The molecule has 1 atom stereocenters. The van der Waals surface area contributed by atoms with E-state index in [0.717, 1.165) is 0 Å². The summed E-state index contributed by atoms with van der Waals surface area (Å²) in [5, 5.41) is 1.80. The van der Waals surface area contributed by atoms with E-state index >= 15 is 0 Å². The molecule has 4 nitrogen and oxygen atoms in total. The molecular formula is C16H14ClFN2O2S. The third kappa shape index (κ3) is 2.96. The van der Waals surface area contributed by atoms with Gasteiger partial charge in [-0.25, -0.2) is 4.39 Å². The third-order valence-corrected chi connectivity index (χ3v) is 5.01. The number of thiophene rings is 1. The molecule has 1 saturated heterocycles. The van der Waals surface area contributed by atoms with Crippen LogP contribution in [-0.2, 0) is 4.79 Å². The van der Waals surface area contributed by atoms with Gasteiger partial charge in [-0.1, -0.05) is 17.7 Å². The number of rotatable bonds is 2. The summed E-state index contributed by atoms with van der Waals surface area (Å²) >= 11 is 7.14. The molecule has 7 heteroatoms. The Morgan fingerprint density at radius 1 is 1.35 bits per heavy atom. The van der Waals surface area contributed by atoms with Crippen molar-refractivity contribution in [2.45, 2.75) is 13.0 Å². The van der Waals surface area contributed by atoms with Gasteiger partial charge in [0.25, 0.3) is 5.91 Å². The zero-order valence-electron chi connectivity index (χ0n) is 12.3. The number of nitrogens with zero attached hydrogens (tertiary/aromatic N) is 2. The van der Waals surface area contributed by atoms with Gasteiger partial charge >= 0.3 is 0 Å². The van der Waals surface area contributed by atoms with E-state index in [-0.39, 0.29) is 16.8 Å². The van der Waals surface area contributed by atoms with Crippen LogP contribution in [0, 0.1) is 5.82 Å². The zero-order chi connectivity index (χ0) is 16.6. The topological polar surface area (TPSA) is 40.6 Å². The number of anilines is 1. The lowest BCUT2D eigenvalue weighted by Gasteiger charge is -2.39. The van der Waals surface area contributed by atoms with Gasteiger partial charge in [0.05, 0.1) is 9.90 Å². The maximum absolute atomic E-state index is 13.3. The van der Waals surface area contributed by atoms with Gasteiger partial charge in [0.2, 0.25) is 5.91 Å². The summed E-state index contributed by atoms with van der Waals surface area (Å²) in [6, 6.07) is 7.15. The molecule has 2 amide bonds. The first-order valence-electron chi connectivity index (χ1n) is 7.10. The molecule has 0 N–H and O–H groups in total. The monoisotopic (exact) mass is 352 g/mol. The zero-order valence-corrected chi connectivity index (χ0v) is 13.9. The van der Waals surface area contributed by atoms with Crippen molar-refractivity contribution in [3.63, 3.8) is 0 Å². The van der Waals surface area contributed by atoms with Crippen molar-refractivity contribution >= 4 is 40.4 Å². The maximum Gasteiger partial charge on any atom is 0.264 e. The Labute approximate surface area is 142 Å². The van der Waals surface area contributed by atoms with Crippen LogP contribution in [0.2, 0.25) is 5.02 Å². The van der Waals surface area contributed by atoms with Crippen LogP contribution in [0.1, 0.15) is 16.6 Å². The minimum absolute atomic E-state index is 0.0277. The molecule has 3 rings (SSSR count). The number of hydrogen-bond donors (Lipinski definition) is 0. The Balaban J connectivity index is 1.81. The van der Waals surface area contributed by atoms with Crippen LogP contribution >= 0.6 is 22.9 Å². The van der Waals surface area contributed by atoms with E-state index in [1.165, 1.54) is 34.4 Å². The Morgan fingerprint density at radius 2 is 2.13 bits per heavy atom. The van der Waals surface area contributed by atoms with E-state index in [1.54, 1.807) is 24.0 Å². The van der Waals surface area contributed by atoms with Gasteiger partial charge in [0.15, 0.2) is 0 Å². The van der Waals surface area contributed by atoms with Gasteiger partial charge in [-0.3, -0.25) is 9.59 Å². The minimum atomic E-state index is -0.581. The minimum Gasteiger partial charge on any atom is -0.324 e. The molecule has 0 saturated carbocycles. The van der Waals surface area contributed by atoms with E-state index in [0.29, 0.717) is 23.7 Å². The second kappa shape index (κ2) is 6.29. The second-order valence-corrected chi connectivity index (χ2v) is 6.60. The number of carbonyl (C=O) groups is 2. The van der Waals surface area contributed by atoms with Crippen molar-refractivity contribution in [1.82, 2.24) is 4.90 Å². The van der Waals surface area contributed by atoms with Gasteiger partial charge in [-0.15, -0.1) is 11.3 Å². The lowest BCUT2D eigenvalue weighted by atomic mass is 10.1. The van der Waals surface area contributed by atoms with Crippen LogP contribution in [0.4, 0.5) is 10.1 Å². The fourth-order valence-electron chi connectivity index (χ4n) is 2.60.